The van der Waals surface area contributed by atoms with Crippen molar-refractivity contribution in [3.05, 3.63) is 27.9 Å². The number of carboxylic acid groups (broad SMARTS) is 1. The lowest BCUT2D eigenvalue weighted by atomic mass is 9.99. The van der Waals surface area contributed by atoms with Crippen LogP contribution in [0.1, 0.15) is 25.5 Å². The summed E-state index contributed by atoms with van der Waals surface area (Å²) in [7, 11) is 0. The Morgan fingerprint density at radius 1 is 1.58 bits per heavy atom. The van der Waals surface area contributed by atoms with E-state index in [1.807, 2.05) is 0 Å². The molecule has 1 fully saturated rings. The summed E-state index contributed by atoms with van der Waals surface area (Å²) < 4.78 is 0. The van der Waals surface area contributed by atoms with E-state index in [4.69, 9.17) is 0 Å². The van der Waals surface area contributed by atoms with Gasteiger partial charge in [-0.3, -0.25) is 10.1 Å². The molecule has 1 aromatic rings. The minimum Gasteiger partial charge on any atom is -0.480 e. The van der Waals surface area contributed by atoms with Crippen LogP contribution in [-0.4, -0.2) is 33.1 Å². The Morgan fingerprint density at radius 3 is 2.79 bits per heavy atom. The summed E-state index contributed by atoms with van der Waals surface area (Å²) in [5, 5.41) is 20.1. The van der Waals surface area contributed by atoms with Gasteiger partial charge in [-0.2, -0.15) is 0 Å². The Kier molecular flexibility index (Phi) is 3.13. The van der Waals surface area contributed by atoms with Crippen LogP contribution in [0.3, 0.4) is 0 Å². The van der Waals surface area contributed by atoms with Crippen LogP contribution < -0.4 is 4.90 Å². The van der Waals surface area contributed by atoms with Crippen LogP contribution in [0, 0.1) is 17.0 Å². The fourth-order valence-electron chi connectivity index (χ4n) is 2.44. The molecular formula is C12H15N3O4. The first-order chi connectivity index (χ1) is 8.86. The van der Waals surface area contributed by atoms with E-state index in [-0.39, 0.29) is 5.69 Å². The topological polar surface area (TPSA) is 96.6 Å². The molecule has 0 bridgehead atoms. The number of aromatic nitrogens is 1. The SMILES string of the molecule is Cc1nc(N2CCCC2(C)C(=O)O)ccc1[N+](=O)[O-]. The molecule has 1 unspecified atom stereocenters. The summed E-state index contributed by atoms with van der Waals surface area (Å²) in [6.45, 7) is 3.80. The van der Waals surface area contributed by atoms with Gasteiger partial charge in [0.15, 0.2) is 0 Å². The molecule has 0 amide bonds. The first-order valence-corrected chi connectivity index (χ1v) is 5.99. The predicted molar refractivity (Wildman–Crippen MR) is 68.2 cm³/mol. The van der Waals surface area contributed by atoms with Gasteiger partial charge in [-0.1, -0.05) is 0 Å². The van der Waals surface area contributed by atoms with E-state index in [1.165, 1.54) is 12.1 Å². The van der Waals surface area contributed by atoms with Gasteiger partial charge in [-0.25, -0.2) is 9.78 Å². The molecule has 1 atom stereocenters. The smallest absolute Gasteiger partial charge is 0.329 e. The van der Waals surface area contributed by atoms with E-state index < -0.39 is 16.4 Å². The molecule has 0 spiro atoms. The molecule has 1 saturated heterocycles. The molecule has 0 aliphatic carbocycles. The Morgan fingerprint density at radius 2 is 2.26 bits per heavy atom. The fraction of sp³-hybridized carbons (Fsp3) is 0.500. The summed E-state index contributed by atoms with van der Waals surface area (Å²) in [6, 6.07) is 2.88. The Labute approximate surface area is 110 Å². The molecule has 7 nitrogen and oxygen atoms in total. The molecule has 0 saturated carbocycles. The second-order valence-corrected chi connectivity index (χ2v) is 4.87. The van der Waals surface area contributed by atoms with Crippen LogP contribution >= 0.6 is 0 Å². The van der Waals surface area contributed by atoms with E-state index >= 15 is 0 Å². The maximum absolute atomic E-state index is 11.4. The molecule has 102 valence electrons. The standard InChI is InChI=1S/C12H15N3O4/c1-8-9(15(18)19)4-5-10(13-8)14-7-3-6-12(14,2)11(16)17/h4-5H,3,6-7H2,1-2H3,(H,16,17). The van der Waals surface area contributed by atoms with E-state index in [2.05, 4.69) is 4.98 Å². The number of aliphatic carboxylic acids is 1. The maximum Gasteiger partial charge on any atom is 0.329 e. The predicted octanol–water partition coefficient (Wildman–Crippen LogP) is 1.74. The highest BCUT2D eigenvalue weighted by Gasteiger charge is 2.44. The Bertz CT molecular complexity index is 546. The lowest BCUT2D eigenvalue weighted by Crippen LogP contribution is -2.48. The Hall–Kier alpha value is -2.18. The highest BCUT2D eigenvalue weighted by molar-refractivity contribution is 5.83. The minimum absolute atomic E-state index is 0.0556. The lowest BCUT2D eigenvalue weighted by molar-refractivity contribution is -0.385. The molecule has 1 N–H and O–H groups in total. The molecule has 1 aliphatic heterocycles. The van der Waals surface area contributed by atoms with Crippen molar-refractivity contribution in [1.82, 2.24) is 4.98 Å². The van der Waals surface area contributed by atoms with Gasteiger partial charge in [0.1, 0.15) is 17.1 Å². The first kappa shape index (κ1) is 13.3. The molecular weight excluding hydrogens is 250 g/mol. The molecule has 7 heteroatoms. The first-order valence-electron chi connectivity index (χ1n) is 5.99. The second kappa shape index (κ2) is 4.49. The number of aryl methyl sites for hydroxylation is 1. The fourth-order valence-corrected chi connectivity index (χ4v) is 2.44. The largest absolute Gasteiger partial charge is 0.480 e. The molecule has 2 heterocycles. The highest BCUT2D eigenvalue weighted by Crippen LogP contribution is 2.34. The lowest BCUT2D eigenvalue weighted by Gasteiger charge is -2.32. The van der Waals surface area contributed by atoms with Crippen molar-refractivity contribution >= 4 is 17.5 Å². The van der Waals surface area contributed by atoms with Gasteiger partial charge < -0.3 is 10.0 Å². The summed E-state index contributed by atoms with van der Waals surface area (Å²) in [4.78, 5) is 27.5. The number of hydrogen-bond acceptors (Lipinski definition) is 5. The van der Waals surface area contributed by atoms with Crippen molar-refractivity contribution in [3.8, 4) is 0 Å². The zero-order valence-corrected chi connectivity index (χ0v) is 10.8. The molecule has 1 aromatic heterocycles. The van der Waals surface area contributed by atoms with Gasteiger partial charge in [-0.15, -0.1) is 0 Å². The van der Waals surface area contributed by atoms with E-state index in [9.17, 15) is 20.0 Å². The molecule has 0 radical (unpaired) electrons. The third-order valence-corrected chi connectivity index (χ3v) is 3.62. The van der Waals surface area contributed by atoms with Crippen molar-refractivity contribution < 1.29 is 14.8 Å². The quantitative estimate of drug-likeness (QED) is 0.660. The van der Waals surface area contributed by atoms with Crippen LogP contribution in [-0.2, 0) is 4.79 Å². The summed E-state index contributed by atoms with van der Waals surface area (Å²) in [5.74, 6) is -0.423. The van der Waals surface area contributed by atoms with Crippen LogP contribution in [0.15, 0.2) is 12.1 Å². The normalized spacial score (nSPS) is 22.5. The number of rotatable bonds is 3. The van der Waals surface area contributed by atoms with E-state index in [1.54, 1.807) is 18.7 Å². The number of nitrogens with zero attached hydrogens (tertiary/aromatic N) is 3. The van der Waals surface area contributed by atoms with Crippen LogP contribution in [0.5, 0.6) is 0 Å². The van der Waals surface area contributed by atoms with Crippen LogP contribution in [0.4, 0.5) is 11.5 Å². The van der Waals surface area contributed by atoms with Gasteiger partial charge >= 0.3 is 5.97 Å². The average molecular weight is 265 g/mol. The zero-order chi connectivity index (χ0) is 14.2. The molecule has 1 aliphatic rings. The second-order valence-electron chi connectivity index (χ2n) is 4.87. The minimum atomic E-state index is -0.991. The van der Waals surface area contributed by atoms with E-state index in [0.717, 1.165) is 6.42 Å². The van der Waals surface area contributed by atoms with Gasteiger partial charge in [0, 0.05) is 12.6 Å². The average Bonchev–Trinajstić information content (AvgIpc) is 2.72. The number of anilines is 1. The summed E-state index contributed by atoms with van der Waals surface area (Å²) in [5.41, 5.74) is -0.752. The van der Waals surface area contributed by atoms with E-state index in [0.29, 0.717) is 24.5 Å². The monoisotopic (exact) mass is 265 g/mol. The third kappa shape index (κ3) is 2.11. The van der Waals surface area contributed by atoms with Gasteiger partial charge in [0.05, 0.1) is 4.92 Å². The van der Waals surface area contributed by atoms with Crippen molar-refractivity contribution in [3.63, 3.8) is 0 Å². The number of pyridine rings is 1. The maximum atomic E-state index is 11.4. The van der Waals surface area contributed by atoms with Gasteiger partial charge in [0.25, 0.3) is 5.69 Å². The van der Waals surface area contributed by atoms with Gasteiger partial charge in [-0.05, 0) is 32.8 Å². The van der Waals surface area contributed by atoms with Crippen molar-refractivity contribution in [2.75, 3.05) is 11.4 Å². The highest BCUT2D eigenvalue weighted by atomic mass is 16.6. The van der Waals surface area contributed by atoms with Crippen LogP contribution in [0.2, 0.25) is 0 Å². The molecule has 0 aromatic carbocycles. The van der Waals surface area contributed by atoms with Crippen molar-refractivity contribution in [2.45, 2.75) is 32.2 Å². The summed E-state index contributed by atoms with van der Waals surface area (Å²) >= 11 is 0. The van der Waals surface area contributed by atoms with Crippen molar-refractivity contribution in [1.29, 1.82) is 0 Å². The third-order valence-electron chi connectivity index (χ3n) is 3.62. The number of nitro groups is 1. The number of carbonyl (C=O) groups is 1. The molecule has 2 rings (SSSR count). The van der Waals surface area contributed by atoms with Crippen molar-refractivity contribution in [2.24, 2.45) is 0 Å². The number of carboxylic acids is 1. The van der Waals surface area contributed by atoms with Crippen LogP contribution in [0.25, 0.3) is 0 Å². The van der Waals surface area contributed by atoms with Gasteiger partial charge in [0.2, 0.25) is 0 Å². The zero-order valence-electron chi connectivity index (χ0n) is 10.8. The Balaban J connectivity index is 2.40. The number of hydrogen-bond donors (Lipinski definition) is 1. The molecule has 19 heavy (non-hydrogen) atoms. The summed E-state index contributed by atoms with van der Waals surface area (Å²) in [6.07, 6.45) is 1.31.